The van der Waals surface area contributed by atoms with Crippen LogP contribution in [0.2, 0.25) is 0 Å². The molecule has 2 radical (unpaired) electrons. The van der Waals surface area contributed by atoms with Crippen molar-refractivity contribution < 1.29 is 63.9 Å². The average molecular weight is 344 g/mol. The zero-order valence-electron chi connectivity index (χ0n) is 6.87. The van der Waals surface area contributed by atoms with E-state index in [1.54, 1.807) is 0 Å². The molecule has 1 nitrogen and oxygen atoms in total. The van der Waals surface area contributed by atoms with Gasteiger partial charge < -0.3 is 11.2 Å². The van der Waals surface area contributed by atoms with Crippen molar-refractivity contribution in [2.24, 2.45) is 0 Å². The Morgan fingerprint density at radius 3 is 1.20 bits per heavy atom. The summed E-state index contributed by atoms with van der Waals surface area (Å²) in [6, 6.07) is 0. The molecule has 0 aliphatic rings. The quantitative estimate of drug-likeness (QED) is 0.498. The average Bonchev–Trinajstić information content (AvgIpc) is 0. The summed E-state index contributed by atoms with van der Waals surface area (Å²) in [5.41, 5.74) is 0. The minimum atomic E-state index is 0. The Kier molecular flexibility index (Phi) is 162. The van der Waals surface area contributed by atoms with E-state index in [-0.39, 0.29) is 147 Å². The van der Waals surface area contributed by atoms with Crippen LogP contribution in [0.1, 0.15) is 5.71 Å². The van der Waals surface area contributed by atoms with Gasteiger partial charge in [-0.25, -0.2) is 0 Å². The fourth-order valence-corrected chi connectivity index (χ4v) is 0. The molecule has 0 bridgehead atoms. The molecular weight excluding hydrogens is 338 g/mol. The van der Waals surface area contributed by atoms with Crippen molar-refractivity contribution in [1.29, 1.82) is 0 Å². The Morgan fingerprint density at radius 2 is 1.20 bits per heavy atom. The van der Waals surface area contributed by atoms with Gasteiger partial charge in [-0.15, -0.1) is 0 Å². The summed E-state index contributed by atoms with van der Waals surface area (Å²) < 4.78 is 0. The van der Waals surface area contributed by atoms with Crippen molar-refractivity contribution in [3.8, 4) is 0 Å². The second kappa shape index (κ2) is 23.7. The van der Waals surface area contributed by atoms with Crippen LogP contribution in [0.15, 0.2) is 0 Å². The summed E-state index contributed by atoms with van der Waals surface area (Å²) in [5, 5.41) is 0. The molecule has 2 N–H and O–H groups in total. The van der Waals surface area contributed by atoms with Gasteiger partial charge in [0.25, 0.3) is 0 Å². The van der Waals surface area contributed by atoms with Crippen LogP contribution in [0.3, 0.4) is 0 Å². The molecule has 0 aliphatic carbocycles. The molecule has 0 heterocycles. The largest absolute Gasteiger partial charge is 2.00 e. The SMILES string of the molecule is O.[Ca+2].[H-].[H-].[H-].[H-].[La].[Mn].[Sr+2]. The van der Waals surface area contributed by atoms with Crippen LogP contribution in [-0.2, 0) is 17.1 Å². The van der Waals surface area contributed by atoms with Gasteiger partial charge in [-0.05, 0) is 0 Å². The van der Waals surface area contributed by atoms with Gasteiger partial charge in [-0.2, -0.15) is 0 Å². The van der Waals surface area contributed by atoms with Gasteiger partial charge in [-0.3, -0.25) is 0 Å². The third-order valence-corrected chi connectivity index (χ3v) is 0. The topological polar surface area (TPSA) is 31.5 Å². The zero-order valence-corrected chi connectivity index (χ0v) is 13.4. The second-order valence-corrected chi connectivity index (χ2v) is 0. The molecule has 0 rings (SSSR count). The van der Waals surface area contributed by atoms with E-state index in [2.05, 4.69) is 0 Å². The Morgan fingerprint density at radius 1 is 1.20 bits per heavy atom. The maximum absolute atomic E-state index is 0. The Bertz CT molecular complexity index is 20.5. The predicted octanol–water partition coefficient (Wildman–Crippen LogP) is -1.14. The van der Waals surface area contributed by atoms with E-state index in [1.165, 1.54) is 0 Å². The van der Waals surface area contributed by atoms with Gasteiger partial charge >= 0.3 is 83.2 Å². The second-order valence-electron chi connectivity index (χ2n) is 0. The van der Waals surface area contributed by atoms with E-state index < -0.39 is 0 Å². The fraction of sp³-hybridized carbons (Fsp3) is 0. The summed E-state index contributed by atoms with van der Waals surface area (Å²) in [7, 11) is 0. The number of hydrogen-bond donors (Lipinski definition) is 0. The van der Waals surface area contributed by atoms with Crippen molar-refractivity contribution in [2.75, 3.05) is 0 Å². The molecule has 0 atom stereocenters. The third kappa shape index (κ3) is 17.8. The zero-order chi connectivity index (χ0) is 0. The summed E-state index contributed by atoms with van der Waals surface area (Å²) in [5.74, 6) is 0. The predicted molar refractivity (Wildman–Crippen MR) is 19.6 cm³/mol. The van der Waals surface area contributed by atoms with Crippen molar-refractivity contribution in [2.45, 2.75) is 0 Å². The number of hydrogen-bond acceptors (Lipinski definition) is 0. The normalized spacial score (nSPS) is 0. The van der Waals surface area contributed by atoms with Crippen molar-refractivity contribution in [3.05, 3.63) is 0 Å². The van der Waals surface area contributed by atoms with E-state index in [0.29, 0.717) is 0 Å². The molecule has 0 saturated heterocycles. The molecule has 0 unspecified atom stereocenters. The van der Waals surface area contributed by atoms with Crippen molar-refractivity contribution in [1.82, 2.24) is 0 Å². The van der Waals surface area contributed by atoms with E-state index in [4.69, 9.17) is 0 Å². The van der Waals surface area contributed by atoms with Gasteiger partial charge in [0.05, 0.1) is 0 Å². The molecular formula is H6CaLaMnOSr. The minimum Gasteiger partial charge on any atom is -1.00 e. The summed E-state index contributed by atoms with van der Waals surface area (Å²) in [6.45, 7) is 0. The van der Waals surface area contributed by atoms with E-state index in [1.807, 2.05) is 0 Å². The summed E-state index contributed by atoms with van der Waals surface area (Å²) in [6.07, 6.45) is 0. The Hall–Kier alpha value is 4.41. The van der Waals surface area contributed by atoms with Gasteiger partial charge in [0.2, 0.25) is 0 Å². The van der Waals surface area contributed by atoms with Crippen LogP contribution in [-0.4, -0.2) is 88.7 Å². The first-order valence-electron chi connectivity index (χ1n) is 0. The first-order chi connectivity index (χ1) is 0. The van der Waals surface area contributed by atoms with Crippen molar-refractivity contribution >= 4 is 83.2 Å². The molecule has 5 heavy (non-hydrogen) atoms. The molecule has 0 saturated carbocycles. The monoisotopic (exact) mass is 344 g/mol. The third-order valence-electron chi connectivity index (χ3n) is 0. The summed E-state index contributed by atoms with van der Waals surface area (Å²) in [4.78, 5) is 0. The Balaban J connectivity index is 0. The smallest absolute Gasteiger partial charge is 1.00 e. The molecule has 0 amide bonds. The van der Waals surface area contributed by atoms with E-state index >= 15 is 0 Å². The van der Waals surface area contributed by atoms with Crippen LogP contribution in [0, 0.1) is 35.6 Å². The molecule has 26 valence electrons. The maximum Gasteiger partial charge on any atom is 2.00 e. The molecule has 5 heteroatoms. The first-order valence-corrected chi connectivity index (χ1v) is 0. The van der Waals surface area contributed by atoms with Crippen LogP contribution in [0.25, 0.3) is 0 Å². The van der Waals surface area contributed by atoms with Crippen LogP contribution in [0.4, 0.5) is 0 Å². The molecule has 0 fully saturated rings. The van der Waals surface area contributed by atoms with Gasteiger partial charge in [0, 0.05) is 52.7 Å². The molecule has 0 aromatic heterocycles. The summed E-state index contributed by atoms with van der Waals surface area (Å²) >= 11 is 0. The van der Waals surface area contributed by atoms with Crippen LogP contribution >= 0.6 is 0 Å². The van der Waals surface area contributed by atoms with E-state index in [0.717, 1.165) is 0 Å². The standard InChI is InChI=1S/Ca.La.Mn.H2O.Sr.4H/h;;;1H2;;;;;/q+2;;;;+2;4*-1. The van der Waals surface area contributed by atoms with Crippen LogP contribution in [0.5, 0.6) is 0 Å². The van der Waals surface area contributed by atoms with Crippen molar-refractivity contribution in [3.63, 3.8) is 0 Å². The number of rotatable bonds is 0. The fourth-order valence-electron chi connectivity index (χ4n) is 0. The molecule has 0 aliphatic heterocycles. The maximum atomic E-state index is 0. The van der Waals surface area contributed by atoms with E-state index in [9.17, 15) is 0 Å². The minimum absolute atomic E-state index is 0. The first kappa shape index (κ1) is 34.2. The van der Waals surface area contributed by atoms with Gasteiger partial charge in [-0.1, -0.05) is 0 Å². The van der Waals surface area contributed by atoms with Gasteiger partial charge in [0.1, 0.15) is 0 Å². The molecule has 0 aromatic rings. The Labute approximate surface area is 143 Å². The molecule has 0 spiro atoms. The molecule has 0 aromatic carbocycles. The van der Waals surface area contributed by atoms with Crippen LogP contribution < -0.4 is 0 Å². The van der Waals surface area contributed by atoms with Gasteiger partial charge in [0.15, 0.2) is 0 Å².